The number of aromatic nitrogens is 2. The van der Waals surface area contributed by atoms with E-state index in [4.69, 9.17) is 19.4 Å². The molecule has 6 atom stereocenters. The number of nitrogens with zero attached hydrogens (tertiary/aromatic N) is 1. The van der Waals surface area contributed by atoms with Gasteiger partial charge in [0.15, 0.2) is 6.23 Å². The van der Waals surface area contributed by atoms with E-state index in [1.54, 1.807) is 0 Å². The Morgan fingerprint density at radius 3 is 2.23 bits per heavy atom. The highest BCUT2D eigenvalue weighted by atomic mass is 79.9. The average Bonchev–Trinajstić information content (AvgIpc) is 2.81. The molecule has 17 nitrogen and oxygen atoms in total. The van der Waals surface area contributed by atoms with Crippen LogP contribution in [0, 0.1) is 0 Å². The monoisotopic (exact) mass is 562 g/mol. The van der Waals surface area contributed by atoms with Crippen molar-refractivity contribution in [1.29, 1.82) is 0 Å². The zero-order chi connectivity index (χ0) is 23.1. The van der Waals surface area contributed by atoms with E-state index in [1.807, 2.05) is 4.98 Å². The fourth-order valence-electron chi connectivity index (χ4n) is 2.22. The van der Waals surface area contributed by atoms with Crippen LogP contribution in [0.2, 0.25) is 0 Å². The lowest BCUT2D eigenvalue weighted by atomic mass is 10.1. The van der Waals surface area contributed by atoms with Crippen molar-refractivity contribution in [1.82, 2.24) is 9.55 Å². The number of ether oxygens (including phenoxy) is 1. The highest BCUT2D eigenvalue weighted by molar-refractivity contribution is 9.10. The molecule has 0 amide bonds. The van der Waals surface area contributed by atoms with Gasteiger partial charge in [0.25, 0.3) is 5.56 Å². The van der Waals surface area contributed by atoms with Gasteiger partial charge >= 0.3 is 29.2 Å². The van der Waals surface area contributed by atoms with E-state index < -0.39 is 65.9 Å². The van der Waals surface area contributed by atoms with Crippen molar-refractivity contribution < 1.29 is 61.4 Å². The molecule has 1 aromatic rings. The lowest BCUT2D eigenvalue weighted by Gasteiger charge is -2.19. The van der Waals surface area contributed by atoms with Crippen molar-refractivity contribution in [3.8, 4) is 0 Å². The van der Waals surface area contributed by atoms with Gasteiger partial charge in [-0.05, 0) is 15.9 Å². The third kappa shape index (κ3) is 6.72. The molecule has 172 valence electrons. The van der Waals surface area contributed by atoms with Crippen LogP contribution in [0.15, 0.2) is 20.3 Å². The van der Waals surface area contributed by atoms with Crippen LogP contribution >= 0.6 is 39.4 Å². The second-order valence-corrected chi connectivity index (χ2v) is 10.9. The summed E-state index contributed by atoms with van der Waals surface area (Å²) in [5.41, 5.74) is -1.80. The molecule has 2 rings (SSSR count). The van der Waals surface area contributed by atoms with Gasteiger partial charge in [-0.2, -0.15) is 8.62 Å². The SMILES string of the molecule is O=c1[nH]c(=O)n(C2OC(COP(=O)(O)OP(=O)(O)OP(=O)(O)O)C(O)C2O)cc1Br. The molecule has 21 heteroatoms. The van der Waals surface area contributed by atoms with Gasteiger partial charge < -0.3 is 34.5 Å². The van der Waals surface area contributed by atoms with E-state index in [9.17, 15) is 38.4 Å². The number of hydrogen-bond acceptors (Lipinski definition) is 11. The highest BCUT2D eigenvalue weighted by Crippen LogP contribution is 2.66. The topological polar surface area (TPSA) is 264 Å². The normalized spacial score (nSPS) is 28.8. The molecule has 0 saturated carbocycles. The molecule has 0 bridgehead atoms. The van der Waals surface area contributed by atoms with Crippen molar-refractivity contribution in [2.24, 2.45) is 0 Å². The number of aliphatic hydroxyl groups is 2. The smallest absolute Gasteiger partial charge is 0.387 e. The van der Waals surface area contributed by atoms with Gasteiger partial charge in [0, 0.05) is 6.20 Å². The molecule has 0 aromatic carbocycles. The van der Waals surface area contributed by atoms with Crippen LogP contribution in [0.5, 0.6) is 0 Å². The molecule has 1 aromatic heterocycles. The Morgan fingerprint density at radius 1 is 1.07 bits per heavy atom. The first-order chi connectivity index (χ1) is 13.5. The van der Waals surface area contributed by atoms with Crippen molar-refractivity contribution >= 4 is 39.4 Å². The van der Waals surface area contributed by atoms with Gasteiger partial charge in [-0.25, -0.2) is 18.5 Å². The Kier molecular flexibility index (Phi) is 7.83. The van der Waals surface area contributed by atoms with E-state index in [0.29, 0.717) is 4.57 Å². The number of aliphatic hydroxyl groups excluding tert-OH is 2. The summed E-state index contributed by atoms with van der Waals surface area (Å²) >= 11 is 2.85. The predicted molar refractivity (Wildman–Crippen MR) is 94.8 cm³/mol. The number of phosphoric ester groups is 1. The minimum Gasteiger partial charge on any atom is -0.387 e. The second kappa shape index (κ2) is 9.13. The molecular formula is C9H14BrN2O15P3. The summed E-state index contributed by atoms with van der Waals surface area (Å²) in [6.07, 6.45) is -5.80. The molecule has 0 spiro atoms. The maximum Gasteiger partial charge on any atom is 0.490 e. The Balaban J connectivity index is 2.09. The summed E-state index contributed by atoms with van der Waals surface area (Å²) in [5, 5.41) is 20.0. The molecule has 1 fully saturated rings. The van der Waals surface area contributed by atoms with Gasteiger partial charge in [0.2, 0.25) is 0 Å². The van der Waals surface area contributed by atoms with Crippen LogP contribution in [0.3, 0.4) is 0 Å². The van der Waals surface area contributed by atoms with Crippen molar-refractivity contribution in [2.75, 3.05) is 6.61 Å². The Morgan fingerprint density at radius 2 is 1.67 bits per heavy atom. The molecule has 1 saturated heterocycles. The largest absolute Gasteiger partial charge is 0.490 e. The molecular weight excluding hydrogens is 549 g/mol. The summed E-state index contributed by atoms with van der Waals surface area (Å²) in [6.45, 7) is -1.06. The predicted octanol–water partition coefficient (Wildman–Crippen LogP) is -1.74. The number of nitrogens with one attached hydrogen (secondary N) is 1. The number of aromatic amines is 1. The van der Waals surface area contributed by atoms with E-state index >= 15 is 0 Å². The molecule has 30 heavy (non-hydrogen) atoms. The Labute approximate surface area is 173 Å². The number of hydrogen-bond donors (Lipinski definition) is 7. The van der Waals surface area contributed by atoms with Gasteiger partial charge in [-0.1, -0.05) is 0 Å². The summed E-state index contributed by atoms with van der Waals surface area (Å²) in [4.78, 5) is 60.5. The summed E-state index contributed by atoms with van der Waals surface area (Å²) in [7, 11) is -16.8. The van der Waals surface area contributed by atoms with Crippen LogP contribution in [0.4, 0.5) is 0 Å². The summed E-state index contributed by atoms with van der Waals surface area (Å²) in [5.74, 6) is 0. The first-order valence-corrected chi connectivity index (χ1v) is 12.6. The minimum absolute atomic E-state index is 0.121. The summed E-state index contributed by atoms with van der Waals surface area (Å²) < 4.78 is 50.6. The third-order valence-corrected chi connectivity index (χ3v) is 7.72. The van der Waals surface area contributed by atoms with Gasteiger partial charge in [0.05, 0.1) is 11.1 Å². The van der Waals surface area contributed by atoms with Crippen molar-refractivity contribution in [3.05, 3.63) is 31.5 Å². The number of halogens is 1. The quantitative estimate of drug-likeness (QED) is 0.173. The van der Waals surface area contributed by atoms with Crippen LogP contribution in [0.25, 0.3) is 0 Å². The first kappa shape index (κ1) is 25.7. The van der Waals surface area contributed by atoms with E-state index in [0.717, 1.165) is 6.20 Å². The van der Waals surface area contributed by atoms with E-state index in [1.165, 1.54) is 0 Å². The highest BCUT2D eigenvalue weighted by Gasteiger charge is 2.46. The van der Waals surface area contributed by atoms with Crippen molar-refractivity contribution in [3.63, 3.8) is 0 Å². The van der Waals surface area contributed by atoms with E-state index in [2.05, 4.69) is 29.1 Å². The van der Waals surface area contributed by atoms with Crippen LogP contribution < -0.4 is 11.2 Å². The zero-order valence-corrected chi connectivity index (χ0v) is 18.4. The molecule has 1 aliphatic rings. The molecule has 7 N–H and O–H groups in total. The number of H-pyrrole nitrogens is 1. The Bertz CT molecular complexity index is 1050. The molecule has 2 heterocycles. The summed E-state index contributed by atoms with van der Waals surface area (Å²) in [6, 6.07) is 0. The number of rotatable bonds is 8. The fourth-order valence-corrected chi connectivity index (χ4v) is 5.57. The van der Waals surface area contributed by atoms with Crippen molar-refractivity contribution in [2.45, 2.75) is 24.5 Å². The van der Waals surface area contributed by atoms with Gasteiger partial charge in [-0.15, -0.1) is 0 Å². The lowest BCUT2D eigenvalue weighted by molar-refractivity contribution is -0.0543. The van der Waals surface area contributed by atoms with Crippen LogP contribution in [0.1, 0.15) is 6.23 Å². The maximum absolute atomic E-state index is 11.9. The standard InChI is InChI=1S/C9H14BrN2O15P3/c10-3-1-12(9(16)11-7(3)15)8-6(14)5(13)4(25-8)2-24-29(20,21)27-30(22,23)26-28(17,18)19/h1,4-6,8,13-14H,2H2,(H,20,21)(H,22,23)(H,11,15,16)(H2,17,18,19). The molecule has 0 aliphatic carbocycles. The lowest BCUT2D eigenvalue weighted by Crippen LogP contribution is -2.38. The third-order valence-electron chi connectivity index (χ3n) is 3.35. The van der Waals surface area contributed by atoms with Crippen LogP contribution in [-0.2, 0) is 31.6 Å². The van der Waals surface area contributed by atoms with Gasteiger partial charge in [-0.3, -0.25) is 18.9 Å². The Hall–Kier alpha value is -0.550. The van der Waals surface area contributed by atoms with E-state index in [-0.39, 0.29) is 4.47 Å². The molecule has 0 radical (unpaired) electrons. The second-order valence-electron chi connectivity index (χ2n) is 5.58. The van der Waals surface area contributed by atoms with Gasteiger partial charge in [0.1, 0.15) is 18.3 Å². The minimum atomic E-state index is -5.74. The first-order valence-electron chi connectivity index (χ1n) is 7.32. The fraction of sp³-hybridized carbons (Fsp3) is 0.556. The zero-order valence-electron chi connectivity index (χ0n) is 14.1. The number of phosphoric acid groups is 3. The maximum atomic E-state index is 11.9. The molecule has 1 aliphatic heterocycles. The molecule has 6 unspecified atom stereocenters. The average molecular weight is 563 g/mol. The van der Waals surface area contributed by atoms with Crippen LogP contribution in [-0.4, -0.2) is 64.3 Å².